The highest BCUT2D eigenvalue weighted by Gasteiger charge is 2.00. The van der Waals surface area contributed by atoms with Crippen LogP contribution >= 0.6 is 11.6 Å². The number of anilines is 1. The van der Waals surface area contributed by atoms with Gasteiger partial charge in [-0.25, -0.2) is 0 Å². The third-order valence-electron chi connectivity index (χ3n) is 1.47. The number of nitrogens with two attached hydrogens (primary N) is 2. The van der Waals surface area contributed by atoms with Gasteiger partial charge < -0.3 is 11.5 Å². The largest absolute Gasteiger partial charge is 0.399 e. The Balaban J connectivity index is 3.08. The van der Waals surface area contributed by atoms with E-state index in [1.807, 2.05) is 19.1 Å². The van der Waals surface area contributed by atoms with Crippen LogP contribution in [-0.2, 0) is 0 Å². The van der Waals surface area contributed by atoms with E-state index in [4.69, 9.17) is 23.1 Å². The Morgan fingerprint density at radius 2 is 2.00 bits per heavy atom. The van der Waals surface area contributed by atoms with Crippen LogP contribution in [0.3, 0.4) is 0 Å². The van der Waals surface area contributed by atoms with Gasteiger partial charge in [0.2, 0.25) is 0 Å². The number of halogens is 1. The molecule has 0 spiro atoms. The minimum Gasteiger partial charge on any atom is -0.399 e. The summed E-state index contributed by atoms with van der Waals surface area (Å²) in [4.78, 5) is 0. The molecular formula is C8H11ClN2. The maximum Gasteiger partial charge on any atom is 0.0429 e. The summed E-state index contributed by atoms with van der Waals surface area (Å²) in [6, 6.07) is 5.34. The van der Waals surface area contributed by atoms with Crippen molar-refractivity contribution in [2.24, 2.45) is 5.73 Å². The van der Waals surface area contributed by atoms with Crippen molar-refractivity contribution in [1.82, 2.24) is 0 Å². The lowest BCUT2D eigenvalue weighted by molar-refractivity contribution is 0.819. The molecule has 0 saturated heterocycles. The summed E-state index contributed by atoms with van der Waals surface area (Å²) in [5.74, 6) is 0. The molecule has 1 aromatic carbocycles. The topological polar surface area (TPSA) is 52.0 Å². The average molecular weight is 171 g/mol. The van der Waals surface area contributed by atoms with E-state index in [0.717, 1.165) is 5.56 Å². The van der Waals surface area contributed by atoms with E-state index < -0.39 is 0 Å². The fraction of sp³-hybridized carbons (Fsp3) is 0.250. The van der Waals surface area contributed by atoms with E-state index in [0.29, 0.717) is 10.7 Å². The molecule has 1 unspecified atom stereocenters. The summed E-state index contributed by atoms with van der Waals surface area (Å²) < 4.78 is 0. The van der Waals surface area contributed by atoms with E-state index in [9.17, 15) is 0 Å². The van der Waals surface area contributed by atoms with Gasteiger partial charge in [0, 0.05) is 16.8 Å². The standard InChI is InChI=1S/C8H11ClN2/c1-5(10)6-2-7(9)4-8(11)3-6/h2-5H,10-11H2,1H3. The summed E-state index contributed by atoms with van der Waals surface area (Å²) in [5.41, 5.74) is 12.8. The molecule has 1 rings (SSSR count). The zero-order valence-corrected chi connectivity index (χ0v) is 7.10. The summed E-state index contributed by atoms with van der Waals surface area (Å²) in [5, 5.41) is 0.636. The molecule has 0 heterocycles. The van der Waals surface area contributed by atoms with Crippen LogP contribution in [-0.4, -0.2) is 0 Å². The molecule has 0 aliphatic carbocycles. The van der Waals surface area contributed by atoms with Crippen LogP contribution in [0.2, 0.25) is 5.02 Å². The molecule has 0 aromatic heterocycles. The predicted octanol–water partition coefficient (Wildman–Crippen LogP) is 1.94. The van der Waals surface area contributed by atoms with Gasteiger partial charge >= 0.3 is 0 Å². The van der Waals surface area contributed by atoms with Gasteiger partial charge in [-0.15, -0.1) is 0 Å². The van der Waals surface area contributed by atoms with Gasteiger partial charge in [0.05, 0.1) is 0 Å². The smallest absolute Gasteiger partial charge is 0.0429 e. The third kappa shape index (κ3) is 2.10. The fourth-order valence-electron chi connectivity index (χ4n) is 0.899. The monoisotopic (exact) mass is 170 g/mol. The van der Waals surface area contributed by atoms with Crippen LogP contribution < -0.4 is 11.5 Å². The Labute approximate surface area is 71.1 Å². The van der Waals surface area contributed by atoms with Gasteiger partial charge in [-0.05, 0) is 30.7 Å². The van der Waals surface area contributed by atoms with Crippen molar-refractivity contribution in [2.75, 3.05) is 5.73 Å². The van der Waals surface area contributed by atoms with Crippen LogP contribution in [0.5, 0.6) is 0 Å². The quantitative estimate of drug-likeness (QED) is 0.633. The van der Waals surface area contributed by atoms with E-state index in [1.165, 1.54) is 0 Å². The molecule has 0 aliphatic rings. The van der Waals surface area contributed by atoms with Gasteiger partial charge in [0.1, 0.15) is 0 Å². The van der Waals surface area contributed by atoms with Crippen molar-refractivity contribution in [3.8, 4) is 0 Å². The van der Waals surface area contributed by atoms with Crippen LogP contribution in [0.15, 0.2) is 18.2 Å². The first-order valence-electron chi connectivity index (χ1n) is 3.41. The number of nitrogen functional groups attached to an aromatic ring is 1. The minimum absolute atomic E-state index is 0.0176. The Morgan fingerprint density at radius 3 is 2.45 bits per heavy atom. The average Bonchev–Trinajstić information content (AvgIpc) is 1.85. The molecule has 1 atom stereocenters. The third-order valence-corrected chi connectivity index (χ3v) is 1.69. The predicted molar refractivity (Wildman–Crippen MR) is 48.5 cm³/mol. The van der Waals surface area contributed by atoms with Gasteiger partial charge in [0.15, 0.2) is 0 Å². The summed E-state index contributed by atoms with van der Waals surface area (Å²) >= 11 is 5.76. The van der Waals surface area contributed by atoms with E-state index in [2.05, 4.69) is 0 Å². The van der Waals surface area contributed by atoms with Crippen LogP contribution in [0.4, 0.5) is 5.69 Å². The number of hydrogen-bond acceptors (Lipinski definition) is 2. The first-order chi connectivity index (χ1) is 5.09. The van der Waals surface area contributed by atoms with Crippen molar-refractivity contribution < 1.29 is 0 Å². The highest BCUT2D eigenvalue weighted by atomic mass is 35.5. The summed E-state index contributed by atoms with van der Waals surface area (Å²) in [6.45, 7) is 1.89. The van der Waals surface area contributed by atoms with Crippen molar-refractivity contribution in [3.63, 3.8) is 0 Å². The van der Waals surface area contributed by atoms with Crippen LogP contribution in [0.25, 0.3) is 0 Å². The number of hydrogen-bond donors (Lipinski definition) is 2. The lowest BCUT2D eigenvalue weighted by Crippen LogP contribution is -2.05. The van der Waals surface area contributed by atoms with Crippen molar-refractivity contribution in [3.05, 3.63) is 28.8 Å². The molecule has 0 bridgehead atoms. The van der Waals surface area contributed by atoms with Gasteiger partial charge in [0.25, 0.3) is 0 Å². The molecule has 2 nitrogen and oxygen atoms in total. The first-order valence-corrected chi connectivity index (χ1v) is 3.79. The molecule has 60 valence electrons. The number of benzene rings is 1. The Kier molecular flexibility index (Phi) is 2.37. The van der Waals surface area contributed by atoms with Crippen molar-refractivity contribution in [2.45, 2.75) is 13.0 Å². The highest BCUT2D eigenvalue weighted by molar-refractivity contribution is 6.30. The summed E-state index contributed by atoms with van der Waals surface area (Å²) in [6.07, 6.45) is 0. The molecule has 0 amide bonds. The first kappa shape index (κ1) is 8.37. The normalized spacial score (nSPS) is 13.0. The molecule has 4 N–H and O–H groups in total. The zero-order chi connectivity index (χ0) is 8.43. The maximum atomic E-state index is 5.76. The van der Waals surface area contributed by atoms with Gasteiger partial charge in [-0.3, -0.25) is 0 Å². The van der Waals surface area contributed by atoms with Crippen molar-refractivity contribution in [1.29, 1.82) is 0 Å². The van der Waals surface area contributed by atoms with E-state index in [1.54, 1.807) is 6.07 Å². The fourth-order valence-corrected chi connectivity index (χ4v) is 1.15. The molecule has 0 fully saturated rings. The highest BCUT2D eigenvalue weighted by Crippen LogP contribution is 2.19. The van der Waals surface area contributed by atoms with Crippen molar-refractivity contribution >= 4 is 17.3 Å². The summed E-state index contributed by atoms with van der Waals surface area (Å²) in [7, 11) is 0. The van der Waals surface area contributed by atoms with E-state index in [-0.39, 0.29) is 6.04 Å². The lowest BCUT2D eigenvalue weighted by Gasteiger charge is -2.06. The van der Waals surface area contributed by atoms with Crippen LogP contribution in [0.1, 0.15) is 18.5 Å². The molecule has 0 aliphatic heterocycles. The molecule has 1 aromatic rings. The Bertz CT molecular complexity index is 238. The van der Waals surface area contributed by atoms with Crippen LogP contribution in [0, 0.1) is 0 Å². The molecule has 0 radical (unpaired) electrons. The maximum absolute atomic E-state index is 5.76. The molecule has 0 saturated carbocycles. The second-order valence-corrected chi connectivity index (χ2v) is 3.04. The lowest BCUT2D eigenvalue weighted by atomic mass is 10.1. The number of rotatable bonds is 1. The zero-order valence-electron chi connectivity index (χ0n) is 6.34. The second-order valence-electron chi connectivity index (χ2n) is 2.61. The van der Waals surface area contributed by atoms with Gasteiger partial charge in [-0.1, -0.05) is 11.6 Å². The Morgan fingerprint density at radius 1 is 1.36 bits per heavy atom. The SMILES string of the molecule is CC(N)c1cc(N)cc(Cl)c1. The van der Waals surface area contributed by atoms with Gasteiger partial charge in [-0.2, -0.15) is 0 Å². The molecule has 3 heteroatoms. The minimum atomic E-state index is -0.0176. The second kappa shape index (κ2) is 3.11. The van der Waals surface area contributed by atoms with E-state index >= 15 is 0 Å². The Hall–Kier alpha value is -0.730. The molecular weight excluding hydrogens is 160 g/mol. The molecule has 11 heavy (non-hydrogen) atoms.